The van der Waals surface area contributed by atoms with Crippen LogP contribution in [0.5, 0.6) is 6.01 Å². The molecule has 41 heavy (non-hydrogen) atoms. The summed E-state index contributed by atoms with van der Waals surface area (Å²) in [5, 5.41) is 0. The largest absolute Gasteiger partial charge is 0.462 e. The molecule has 0 spiro atoms. The molecule has 1 aliphatic carbocycles. The highest BCUT2D eigenvalue weighted by Gasteiger charge is 2.42. The second kappa shape index (κ2) is 11.5. The van der Waals surface area contributed by atoms with Gasteiger partial charge in [-0.05, 0) is 69.8 Å². The normalized spacial score (nSPS) is 23.4. The second-order valence-corrected chi connectivity index (χ2v) is 11.5. The van der Waals surface area contributed by atoms with Crippen LogP contribution in [0, 0.1) is 12.8 Å². The van der Waals surface area contributed by atoms with E-state index in [1.165, 1.54) is 19.1 Å². The van der Waals surface area contributed by atoms with Crippen LogP contribution in [0.15, 0.2) is 18.7 Å². The van der Waals surface area contributed by atoms with Crippen LogP contribution >= 0.6 is 0 Å². The first-order chi connectivity index (χ1) is 19.5. The molecule has 1 unspecified atom stereocenters. The first kappa shape index (κ1) is 29.1. The van der Waals surface area contributed by atoms with Crippen molar-refractivity contribution in [3.8, 4) is 6.01 Å². The Hall–Kier alpha value is -3.41. The minimum Gasteiger partial charge on any atom is -0.462 e. The van der Waals surface area contributed by atoms with Gasteiger partial charge in [-0.3, -0.25) is 4.79 Å². The number of ether oxygens (including phenoxy) is 1. The molecule has 2 fully saturated rings. The van der Waals surface area contributed by atoms with Crippen molar-refractivity contribution in [2.45, 2.75) is 57.7 Å². The molecule has 12 heteroatoms. The number of hydrogen-bond donors (Lipinski definition) is 1. The van der Waals surface area contributed by atoms with E-state index in [1.54, 1.807) is 4.90 Å². The summed E-state index contributed by atoms with van der Waals surface area (Å²) in [5.41, 5.74) is 6.86. The van der Waals surface area contributed by atoms with Crippen molar-refractivity contribution in [3.63, 3.8) is 0 Å². The van der Waals surface area contributed by atoms with E-state index in [-0.39, 0.29) is 47.4 Å². The van der Waals surface area contributed by atoms with E-state index in [1.807, 2.05) is 6.92 Å². The highest BCUT2D eigenvalue weighted by atomic mass is 19.4. The van der Waals surface area contributed by atoms with Crippen LogP contribution in [0.4, 0.5) is 24.8 Å². The Balaban J connectivity index is 1.50. The van der Waals surface area contributed by atoms with Gasteiger partial charge in [0.2, 0.25) is 5.91 Å². The average molecular weight is 574 g/mol. The zero-order chi connectivity index (χ0) is 29.5. The smallest absolute Gasteiger partial charge is 0.418 e. The van der Waals surface area contributed by atoms with Gasteiger partial charge >= 0.3 is 12.2 Å². The third kappa shape index (κ3) is 5.98. The van der Waals surface area contributed by atoms with Crippen molar-refractivity contribution in [2.75, 3.05) is 57.0 Å². The molecule has 0 aromatic carbocycles. The monoisotopic (exact) mass is 573 g/mol. The lowest BCUT2D eigenvalue weighted by atomic mass is 9.75. The van der Waals surface area contributed by atoms with Crippen molar-refractivity contribution in [2.24, 2.45) is 5.92 Å². The minimum absolute atomic E-state index is 0.0279. The number of nitrogens with zero attached hydrogens (tertiary/aromatic N) is 6. The van der Waals surface area contributed by atoms with Gasteiger partial charge in [0.1, 0.15) is 18.2 Å². The summed E-state index contributed by atoms with van der Waals surface area (Å²) >= 11 is 0. The number of carbonyl (C=O) groups excluding carboxylic acids is 1. The van der Waals surface area contributed by atoms with Crippen molar-refractivity contribution >= 4 is 17.5 Å². The number of likely N-dealkylation sites (tertiary alicyclic amines) is 1. The Morgan fingerprint density at radius 3 is 2.54 bits per heavy atom. The predicted molar refractivity (Wildman–Crippen MR) is 150 cm³/mol. The number of carbonyl (C=O) groups is 1. The van der Waals surface area contributed by atoms with Gasteiger partial charge in [0, 0.05) is 43.7 Å². The topological polar surface area (TPSA) is 101 Å². The van der Waals surface area contributed by atoms with Gasteiger partial charge in [0.05, 0.1) is 17.0 Å². The lowest BCUT2D eigenvalue weighted by Gasteiger charge is -2.38. The Morgan fingerprint density at radius 1 is 1.17 bits per heavy atom. The van der Waals surface area contributed by atoms with Crippen molar-refractivity contribution in [1.29, 1.82) is 0 Å². The first-order valence-electron chi connectivity index (χ1n) is 14.2. The summed E-state index contributed by atoms with van der Waals surface area (Å²) in [6, 6.07) is 1.76. The molecule has 2 aromatic rings. The predicted octanol–water partition coefficient (Wildman–Crippen LogP) is 3.61. The van der Waals surface area contributed by atoms with Gasteiger partial charge in [0.15, 0.2) is 0 Å². The fourth-order valence-electron chi connectivity index (χ4n) is 6.43. The number of pyridine rings is 1. The Kier molecular flexibility index (Phi) is 8.13. The molecular formula is C29H38F3N7O2. The van der Waals surface area contributed by atoms with E-state index in [4.69, 9.17) is 20.4 Å². The molecule has 2 aliphatic heterocycles. The molecule has 2 aromatic heterocycles. The third-order valence-corrected chi connectivity index (χ3v) is 8.72. The summed E-state index contributed by atoms with van der Waals surface area (Å²) in [7, 11) is 2.06. The SMILES string of the molecule is C=CC(=O)N1CCN(c2nc(OCC3CCCN3C)nc3c2C[C@@H](C)[C@H](c2nc(N)cc(C)c2C(F)(F)F)C3)CC1. The third-order valence-electron chi connectivity index (χ3n) is 8.72. The van der Waals surface area contributed by atoms with Gasteiger partial charge in [-0.25, -0.2) is 4.98 Å². The Morgan fingerprint density at radius 2 is 1.90 bits per heavy atom. The van der Waals surface area contributed by atoms with E-state index < -0.39 is 17.7 Å². The van der Waals surface area contributed by atoms with E-state index in [0.717, 1.165) is 30.8 Å². The molecule has 0 radical (unpaired) electrons. The van der Waals surface area contributed by atoms with Gasteiger partial charge in [-0.15, -0.1) is 0 Å². The molecule has 2 saturated heterocycles. The summed E-state index contributed by atoms with van der Waals surface area (Å²) < 4.78 is 48.8. The van der Waals surface area contributed by atoms with Crippen molar-refractivity contribution in [1.82, 2.24) is 24.8 Å². The maximum atomic E-state index is 14.2. The van der Waals surface area contributed by atoms with Crippen LogP contribution < -0.4 is 15.4 Å². The number of anilines is 2. The van der Waals surface area contributed by atoms with E-state index in [2.05, 4.69) is 28.4 Å². The highest BCUT2D eigenvalue weighted by molar-refractivity contribution is 5.87. The number of aryl methyl sites for hydroxylation is 1. The first-order valence-corrected chi connectivity index (χ1v) is 14.2. The molecule has 3 atom stereocenters. The molecule has 4 heterocycles. The number of aromatic nitrogens is 3. The van der Waals surface area contributed by atoms with Crippen LogP contribution in [0.25, 0.3) is 0 Å². The molecule has 0 bridgehead atoms. The minimum atomic E-state index is -4.55. The number of nitrogens with two attached hydrogens (primary N) is 1. The molecule has 5 rings (SSSR count). The Labute approximate surface area is 238 Å². The van der Waals surface area contributed by atoms with Gasteiger partial charge in [-0.2, -0.15) is 23.1 Å². The van der Waals surface area contributed by atoms with Crippen LogP contribution in [0.1, 0.15) is 53.8 Å². The van der Waals surface area contributed by atoms with Gasteiger partial charge in [-0.1, -0.05) is 13.5 Å². The maximum absolute atomic E-state index is 14.2. The molecule has 222 valence electrons. The van der Waals surface area contributed by atoms with Gasteiger partial charge < -0.3 is 25.2 Å². The number of likely N-dealkylation sites (N-methyl/N-ethyl adjacent to an activating group) is 1. The number of hydrogen-bond acceptors (Lipinski definition) is 8. The molecule has 1 amide bonds. The number of piperazine rings is 1. The standard InChI is InChI=1S/C29H38F3N7O2/c1-5-24(40)38-9-11-39(12-10-38)27-21-13-17(2)20(26-25(29(30,31)32)18(3)14-23(33)35-26)15-22(21)34-28(36-27)41-16-19-7-6-8-37(19)4/h5,14,17,19-20H,1,6-13,15-16H2,2-4H3,(H2,33,35)/t17-,19?,20-/m1/s1. The summed E-state index contributed by atoms with van der Waals surface area (Å²) in [4.78, 5) is 32.1. The zero-order valence-electron chi connectivity index (χ0n) is 23.9. The number of halogens is 3. The zero-order valence-corrected chi connectivity index (χ0v) is 23.9. The number of nitrogen functional groups attached to an aromatic ring is 1. The summed E-state index contributed by atoms with van der Waals surface area (Å²) in [5.74, 6) is 0.000123. The quantitative estimate of drug-likeness (QED) is 0.524. The number of alkyl halides is 3. The molecule has 0 saturated carbocycles. The van der Waals surface area contributed by atoms with Gasteiger partial charge in [0.25, 0.3) is 0 Å². The average Bonchev–Trinajstić information content (AvgIpc) is 3.34. The van der Waals surface area contributed by atoms with Crippen molar-refractivity contribution in [3.05, 3.63) is 46.8 Å². The number of rotatable bonds is 6. The maximum Gasteiger partial charge on any atom is 0.418 e. The number of fused-ring (bicyclic) bond motifs is 1. The lowest BCUT2D eigenvalue weighted by molar-refractivity contribution is -0.139. The van der Waals surface area contributed by atoms with Crippen molar-refractivity contribution < 1.29 is 22.7 Å². The van der Waals surface area contributed by atoms with Crippen LogP contribution in [-0.2, 0) is 23.8 Å². The molecular weight excluding hydrogens is 535 g/mol. The second-order valence-electron chi connectivity index (χ2n) is 11.5. The summed E-state index contributed by atoms with van der Waals surface area (Å²) in [6.45, 7) is 10.6. The number of amides is 1. The van der Waals surface area contributed by atoms with Crippen LogP contribution in [0.3, 0.4) is 0 Å². The van der Waals surface area contributed by atoms with E-state index in [0.29, 0.717) is 44.9 Å². The molecule has 3 aliphatic rings. The highest BCUT2D eigenvalue weighted by Crippen LogP contribution is 2.45. The summed E-state index contributed by atoms with van der Waals surface area (Å²) in [6.07, 6.45) is -0.367. The van der Waals surface area contributed by atoms with Crippen LogP contribution in [-0.4, -0.2) is 83.1 Å². The lowest BCUT2D eigenvalue weighted by Crippen LogP contribution is -2.49. The van der Waals surface area contributed by atoms with E-state index >= 15 is 0 Å². The molecule has 9 nitrogen and oxygen atoms in total. The van der Waals surface area contributed by atoms with Crippen LogP contribution in [0.2, 0.25) is 0 Å². The fourth-order valence-corrected chi connectivity index (χ4v) is 6.43. The van der Waals surface area contributed by atoms with E-state index in [9.17, 15) is 18.0 Å². The molecule has 2 N–H and O–H groups in total. The Bertz CT molecular complexity index is 1310. The fraction of sp³-hybridized carbons (Fsp3) is 0.586.